The fraction of sp³-hybridized carbons (Fsp3) is 0.227. The summed E-state index contributed by atoms with van der Waals surface area (Å²) in [6, 6.07) is 11.2. The number of hydrogen-bond acceptors (Lipinski definition) is 6. The number of fused-ring (bicyclic) bond motifs is 1. The summed E-state index contributed by atoms with van der Waals surface area (Å²) in [5, 5.41) is 11.0. The number of aryl methyl sites for hydroxylation is 1. The second kappa shape index (κ2) is 7.88. The van der Waals surface area contributed by atoms with E-state index in [1.54, 1.807) is 22.8 Å². The van der Waals surface area contributed by atoms with Crippen LogP contribution < -0.4 is 15.8 Å². The summed E-state index contributed by atoms with van der Waals surface area (Å²) in [7, 11) is 1.48. The van der Waals surface area contributed by atoms with Gasteiger partial charge < -0.3 is 10.2 Å². The molecule has 1 aromatic carbocycles. The number of aromatic nitrogens is 5. The monoisotopic (exact) mass is 433 g/mol. The normalized spacial score (nSPS) is 15.9. The molecule has 0 radical (unpaired) electrons. The highest BCUT2D eigenvalue weighted by atomic mass is 19.1. The van der Waals surface area contributed by atoms with Crippen molar-refractivity contribution >= 4 is 23.1 Å². The van der Waals surface area contributed by atoms with Crippen molar-refractivity contribution in [2.45, 2.75) is 18.9 Å². The van der Waals surface area contributed by atoms with E-state index in [0.717, 1.165) is 35.4 Å². The number of benzene rings is 1. The molecule has 0 aliphatic carbocycles. The fourth-order valence-corrected chi connectivity index (χ4v) is 4.02. The van der Waals surface area contributed by atoms with Crippen LogP contribution in [0.3, 0.4) is 0 Å². The fourth-order valence-electron chi connectivity index (χ4n) is 4.02. The van der Waals surface area contributed by atoms with Crippen LogP contribution in [0.2, 0.25) is 0 Å². The summed E-state index contributed by atoms with van der Waals surface area (Å²) in [6.07, 6.45) is 5.16. The van der Waals surface area contributed by atoms with E-state index in [0.29, 0.717) is 11.3 Å². The number of nitrogens with zero attached hydrogens (tertiary/aromatic N) is 6. The van der Waals surface area contributed by atoms with Crippen molar-refractivity contribution in [1.29, 1.82) is 0 Å². The average molecular weight is 433 g/mol. The zero-order valence-electron chi connectivity index (χ0n) is 17.3. The topological polar surface area (TPSA) is 97.4 Å². The smallest absolute Gasteiger partial charge is 0.276 e. The minimum absolute atomic E-state index is 0.0245. The van der Waals surface area contributed by atoms with Gasteiger partial charge in [-0.1, -0.05) is 12.1 Å². The Hall–Kier alpha value is -4.08. The van der Waals surface area contributed by atoms with Crippen molar-refractivity contribution < 1.29 is 9.18 Å². The molecule has 0 unspecified atom stereocenters. The van der Waals surface area contributed by atoms with Crippen LogP contribution in [0, 0.1) is 5.82 Å². The molecule has 1 atom stereocenters. The molecule has 0 bridgehead atoms. The van der Waals surface area contributed by atoms with E-state index >= 15 is 0 Å². The lowest BCUT2D eigenvalue weighted by molar-refractivity contribution is 0.102. The number of amides is 1. The standard InChI is InChI=1S/C22H20FN7O2/c1-28-20(31)8-7-16(27-28)22(32)25-17-13-24-30-11-9-19(26-21(17)30)29-10-3-6-18(29)14-4-2-5-15(23)12-14/h2,4-5,7-9,11-13,18H,3,6,10H2,1H3,(H,25,32)/t18-/m1/s1. The zero-order chi connectivity index (χ0) is 22.2. The summed E-state index contributed by atoms with van der Waals surface area (Å²) in [5.41, 5.74) is 1.61. The van der Waals surface area contributed by atoms with Gasteiger partial charge in [0.2, 0.25) is 0 Å². The van der Waals surface area contributed by atoms with Gasteiger partial charge in [0.25, 0.3) is 11.5 Å². The predicted octanol–water partition coefficient (Wildman–Crippen LogP) is 2.56. The molecule has 5 rings (SSSR count). The molecule has 1 aliphatic rings. The number of anilines is 2. The van der Waals surface area contributed by atoms with Crippen molar-refractivity contribution in [3.05, 3.63) is 82.3 Å². The van der Waals surface area contributed by atoms with Gasteiger partial charge >= 0.3 is 0 Å². The lowest BCUT2D eigenvalue weighted by Gasteiger charge is -2.26. The first-order valence-electron chi connectivity index (χ1n) is 10.2. The minimum Gasteiger partial charge on any atom is -0.349 e. The van der Waals surface area contributed by atoms with Gasteiger partial charge in [-0.15, -0.1) is 0 Å². The molecule has 1 amide bonds. The number of hydrogen-bond donors (Lipinski definition) is 1. The highest BCUT2D eigenvalue weighted by Gasteiger charge is 2.28. The number of carbonyl (C=O) groups is 1. The molecule has 162 valence electrons. The summed E-state index contributed by atoms with van der Waals surface area (Å²) in [5.74, 6) is -0.00687. The van der Waals surface area contributed by atoms with Gasteiger partial charge in [0.05, 0.1) is 12.2 Å². The first-order chi connectivity index (χ1) is 15.5. The lowest BCUT2D eigenvalue weighted by Crippen LogP contribution is -2.24. The van der Waals surface area contributed by atoms with Crippen molar-refractivity contribution in [2.75, 3.05) is 16.8 Å². The maximum Gasteiger partial charge on any atom is 0.276 e. The molecule has 4 aromatic rings. The third-order valence-electron chi connectivity index (χ3n) is 5.58. The number of halogens is 1. The van der Waals surface area contributed by atoms with Crippen molar-refractivity contribution in [3.8, 4) is 0 Å². The largest absolute Gasteiger partial charge is 0.349 e. The van der Waals surface area contributed by atoms with Crippen LogP contribution in [-0.4, -0.2) is 36.8 Å². The van der Waals surface area contributed by atoms with Gasteiger partial charge in [0, 0.05) is 25.9 Å². The summed E-state index contributed by atoms with van der Waals surface area (Å²) in [4.78, 5) is 31.0. The van der Waals surface area contributed by atoms with Gasteiger partial charge in [0.1, 0.15) is 23.0 Å². The Labute approximate surface area is 182 Å². The Morgan fingerprint density at radius 3 is 2.91 bits per heavy atom. The Balaban J connectivity index is 1.45. The summed E-state index contributed by atoms with van der Waals surface area (Å²) in [6.45, 7) is 0.794. The minimum atomic E-state index is -0.471. The molecule has 1 aliphatic heterocycles. The van der Waals surface area contributed by atoms with Crippen LogP contribution >= 0.6 is 0 Å². The molecule has 1 N–H and O–H groups in total. The molecule has 32 heavy (non-hydrogen) atoms. The molecule has 0 saturated carbocycles. The number of carbonyl (C=O) groups excluding carboxylic acids is 1. The maximum atomic E-state index is 13.8. The van der Waals surface area contributed by atoms with E-state index in [1.165, 1.54) is 31.4 Å². The second-order valence-electron chi connectivity index (χ2n) is 7.65. The van der Waals surface area contributed by atoms with E-state index in [2.05, 4.69) is 20.4 Å². The summed E-state index contributed by atoms with van der Waals surface area (Å²) >= 11 is 0. The van der Waals surface area contributed by atoms with Crippen LogP contribution in [0.1, 0.15) is 34.9 Å². The Morgan fingerprint density at radius 1 is 1.22 bits per heavy atom. The van der Waals surface area contributed by atoms with E-state index in [4.69, 9.17) is 4.98 Å². The highest BCUT2D eigenvalue weighted by Crippen LogP contribution is 2.35. The van der Waals surface area contributed by atoms with Crippen LogP contribution in [0.15, 0.2) is 59.7 Å². The van der Waals surface area contributed by atoms with E-state index < -0.39 is 5.91 Å². The number of rotatable bonds is 4. The average Bonchev–Trinajstić information content (AvgIpc) is 3.43. The van der Waals surface area contributed by atoms with Crippen LogP contribution in [0.4, 0.5) is 15.9 Å². The Morgan fingerprint density at radius 2 is 2.09 bits per heavy atom. The van der Waals surface area contributed by atoms with Crippen LogP contribution in [0.25, 0.3) is 5.65 Å². The molecule has 0 spiro atoms. The molecule has 4 heterocycles. The lowest BCUT2D eigenvalue weighted by atomic mass is 10.0. The Bertz CT molecular complexity index is 1380. The summed E-state index contributed by atoms with van der Waals surface area (Å²) < 4.78 is 16.4. The Kier molecular flexibility index (Phi) is 4.89. The first kappa shape index (κ1) is 19.9. The third-order valence-corrected chi connectivity index (χ3v) is 5.58. The molecular weight excluding hydrogens is 413 g/mol. The molecule has 9 nitrogen and oxygen atoms in total. The molecular formula is C22H20FN7O2. The van der Waals surface area contributed by atoms with Gasteiger partial charge in [0.15, 0.2) is 5.65 Å². The van der Waals surface area contributed by atoms with E-state index in [-0.39, 0.29) is 23.1 Å². The van der Waals surface area contributed by atoms with Gasteiger partial charge in [-0.2, -0.15) is 10.2 Å². The molecule has 3 aromatic heterocycles. The molecule has 10 heteroatoms. The third kappa shape index (κ3) is 3.59. The predicted molar refractivity (Wildman–Crippen MR) is 116 cm³/mol. The second-order valence-corrected chi connectivity index (χ2v) is 7.65. The van der Waals surface area contributed by atoms with Crippen LogP contribution in [0.5, 0.6) is 0 Å². The van der Waals surface area contributed by atoms with Gasteiger partial charge in [-0.3, -0.25) is 9.59 Å². The van der Waals surface area contributed by atoms with E-state index in [9.17, 15) is 14.0 Å². The number of nitrogens with one attached hydrogen (secondary N) is 1. The quantitative estimate of drug-likeness (QED) is 0.531. The van der Waals surface area contributed by atoms with Crippen LogP contribution in [-0.2, 0) is 7.05 Å². The SMILES string of the molecule is Cn1nc(C(=O)Nc2cnn3ccc(N4CCC[C@@H]4c4cccc(F)c4)nc23)ccc1=O. The van der Waals surface area contributed by atoms with Gasteiger partial charge in [-0.05, 0) is 42.7 Å². The first-order valence-corrected chi connectivity index (χ1v) is 10.2. The zero-order valence-corrected chi connectivity index (χ0v) is 17.3. The molecule has 1 fully saturated rings. The van der Waals surface area contributed by atoms with Crippen molar-refractivity contribution in [3.63, 3.8) is 0 Å². The highest BCUT2D eigenvalue weighted by molar-refractivity contribution is 6.04. The van der Waals surface area contributed by atoms with Gasteiger partial charge in [-0.25, -0.2) is 18.6 Å². The maximum absolute atomic E-state index is 13.8. The molecule has 1 saturated heterocycles. The van der Waals surface area contributed by atoms with Crippen molar-refractivity contribution in [2.24, 2.45) is 7.05 Å². The van der Waals surface area contributed by atoms with E-state index in [1.807, 2.05) is 12.1 Å². The van der Waals surface area contributed by atoms with Crippen molar-refractivity contribution in [1.82, 2.24) is 24.4 Å².